The molecule has 1 aromatic heterocycles. The van der Waals surface area contributed by atoms with Crippen LogP contribution in [0.1, 0.15) is 37.9 Å². The summed E-state index contributed by atoms with van der Waals surface area (Å²) in [6.07, 6.45) is 2.66. The summed E-state index contributed by atoms with van der Waals surface area (Å²) in [4.78, 5) is 8.41. The summed E-state index contributed by atoms with van der Waals surface area (Å²) in [5, 5.41) is 10.9. The first kappa shape index (κ1) is 24.7. The van der Waals surface area contributed by atoms with Crippen LogP contribution in [0.5, 0.6) is 0 Å². The molecular weight excluding hydrogens is 485 g/mol. The van der Waals surface area contributed by atoms with Crippen molar-refractivity contribution in [3.8, 4) is 0 Å². The van der Waals surface area contributed by atoms with Crippen LogP contribution in [0.4, 0.5) is 0 Å². The number of nitrogens with one attached hydrogen (secondary N) is 3. The van der Waals surface area contributed by atoms with Crippen molar-refractivity contribution in [1.82, 2.24) is 20.9 Å². The molecule has 1 heterocycles. The molecule has 3 N–H and O–H groups in total. The van der Waals surface area contributed by atoms with E-state index >= 15 is 0 Å². The van der Waals surface area contributed by atoms with Gasteiger partial charge in [0.25, 0.3) is 0 Å². The van der Waals surface area contributed by atoms with E-state index in [9.17, 15) is 0 Å². The highest BCUT2D eigenvalue weighted by Crippen LogP contribution is 2.15. The van der Waals surface area contributed by atoms with Gasteiger partial charge in [-0.25, -0.2) is 4.98 Å². The molecule has 0 spiro atoms. The Morgan fingerprint density at radius 3 is 2.46 bits per heavy atom. The van der Waals surface area contributed by atoms with E-state index in [0.29, 0.717) is 5.15 Å². The predicted molar refractivity (Wildman–Crippen MR) is 130 cm³/mol. The second-order valence-electron chi connectivity index (χ2n) is 7.25. The number of guanidine groups is 1. The predicted octanol–water partition coefficient (Wildman–Crippen LogP) is 4.19. The summed E-state index contributed by atoms with van der Waals surface area (Å²) in [7, 11) is 1.78. The molecule has 28 heavy (non-hydrogen) atoms. The third-order valence-corrected chi connectivity index (χ3v) is 4.55. The van der Waals surface area contributed by atoms with E-state index < -0.39 is 0 Å². The number of aliphatic imine (C=N–C) groups is 1. The number of benzene rings is 1. The molecular formula is C21H31ClIN5. The van der Waals surface area contributed by atoms with E-state index in [2.05, 4.69) is 71.0 Å². The number of hydrogen-bond acceptors (Lipinski definition) is 3. The van der Waals surface area contributed by atoms with Crippen LogP contribution in [-0.4, -0.2) is 36.6 Å². The third-order valence-electron chi connectivity index (χ3n) is 4.32. The van der Waals surface area contributed by atoms with E-state index in [-0.39, 0.29) is 35.6 Å². The molecule has 0 bridgehead atoms. The summed E-state index contributed by atoms with van der Waals surface area (Å²) in [6.45, 7) is 8.09. The van der Waals surface area contributed by atoms with Crippen molar-refractivity contribution in [3.63, 3.8) is 0 Å². The van der Waals surface area contributed by atoms with Crippen LogP contribution >= 0.6 is 35.6 Å². The highest BCUT2D eigenvalue weighted by molar-refractivity contribution is 14.0. The molecule has 0 aliphatic rings. The minimum Gasteiger partial charge on any atom is -0.356 e. The first-order valence-electron chi connectivity index (χ1n) is 9.27. The summed E-state index contributed by atoms with van der Waals surface area (Å²) >= 11 is 5.82. The highest BCUT2D eigenvalue weighted by Gasteiger charge is 2.21. The van der Waals surface area contributed by atoms with Crippen molar-refractivity contribution < 1.29 is 0 Å². The average molecular weight is 516 g/mol. The standard InChI is InChI=1S/C21H30ClN5.HI/c1-16(18-8-6-5-7-9-18)27-21(2,3)15-26-20(23-4)24-13-12-17-10-11-19(22)25-14-17;/h5-11,14,16,27H,12-13,15H2,1-4H3,(H2,23,24,26);1H. The summed E-state index contributed by atoms with van der Waals surface area (Å²) in [6, 6.07) is 14.5. The lowest BCUT2D eigenvalue weighted by molar-refractivity contribution is 0.345. The van der Waals surface area contributed by atoms with Crippen LogP contribution < -0.4 is 16.0 Å². The van der Waals surface area contributed by atoms with Gasteiger partial charge >= 0.3 is 0 Å². The molecule has 0 aliphatic carbocycles. The molecule has 0 amide bonds. The van der Waals surface area contributed by atoms with Crippen molar-refractivity contribution in [2.75, 3.05) is 20.1 Å². The molecule has 0 radical (unpaired) electrons. The Morgan fingerprint density at radius 2 is 1.86 bits per heavy atom. The molecule has 1 atom stereocenters. The molecule has 1 unspecified atom stereocenters. The number of pyridine rings is 1. The van der Waals surface area contributed by atoms with Gasteiger partial charge in [0, 0.05) is 37.9 Å². The molecule has 1 aromatic carbocycles. The van der Waals surface area contributed by atoms with E-state index in [0.717, 1.165) is 31.0 Å². The Morgan fingerprint density at radius 1 is 1.14 bits per heavy atom. The second-order valence-corrected chi connectivity index (χ2v) is 7.64. The Labute approximate surface area is 190 Å². The van der Waals surface area contributed by atoms with E-state index in [1.54, 1.807) is 13.2 Å². The topological polar surface area (TPSA) is 61.3 Å². The highest BCUT2D eigenvalue weighted by atomic mass is 127. The first-order valence-corrected chi connectivity index (χ1v) is 9.65. The Balaban J connectivity index is 0.00000392. The van der Waals surface area contributed by atoms with Gasteiger partial charge in [-0.3, -0.25) is 4.99 Å². The number of halogens is 2. The molecule has 154 valence electrons. The number of nitrogens with zero attached hydrogens (tertiary/aromatic N) is 2. The average Bonchev–Trinajstić information content (AvgIpc) is 2.66. The van der Waals surface area contributed by atoms with E-state index in [1.807, 2.05) is 18.2 Å². The van der Waals surface area contributed by atoms with Gasteiger partial charge in [0.1, 0.15) is 5.15 Å². The molecule has 0 saturated carbocycles. The lowest BCUT2D eigenvalue weighted by Crippen LogP contribution is -2.52. The lowest BCUT2D eigenvalue weighted by Gasteiger charge is -2.31. The molecule has 7 heteroatoms. The molecule has 0 saturated heterocycles. The van der Waals surface area contributed by atoms with Crippen LogP contribution in [0, 0.1) is 0 Å². The molecule has 0 aliphatic heterocycles. The van der Waals surface area contributed by atoms with Crippen LogP contribution in [0.25, 0.3) is 0 Å². The molecule has 5 nitrogen and oxygen atoms in total. The van der Waals surface area contributed by atoms with E-state index in [4.69, 9.17) is 11.6 Å². The lowest BCUT2D eigenvalue weighted by atomic mass is 10.0. The van der Waals surface area contributed by atoms with Gasteiger partial charge in [0.15, 0.2) is 5.96 Å². The molecule has 2 aromatic rings. The fourth-order valence-electron chi connectivity index (χ4n) is 2.87. The minimum absolute atomic E-state index is 0. The maximum Gasteiger partial charge on any atom is 0.191 e. The van der Waals surface area contributed by atoms with Crippen LogP contribution in [0.2, 0.25) is 5.15 Å². The van der Waals surface area contributed by atoms with Crippen LogP contribution in [-0.2, 0) is 6.42 Å². The Hall–Kier alpha value is -1.38. The minimum atomic E-state index is -0.0903. The van der Waals surface area contributed by atoms with Gasteiger partial charge < -0.3 is 16.0 Å². The van der Waals surface area contributed by atoms with Crippen molar-refractivity contribution in [3.05, 3.63) is 64.9 Å². The maximum absolute atomic E-state index is 5.82. The van der Waals surface area contributed by atoms with Crippen LogP contribution in [0.15, 0.2) is 53.7 Å². The zero-order chi connectivity index (χ0) is 19.7. The second kappa shape index (κ2) is 12.2. The van der Waals surface area contributed by atoms with Crippen LogP contribution in [0.3, 0.4) is 0 Å². The van der Waals surface area contributed by atoms with Gasteiger partial charge in [0.05, 0.1) is 0 Å². The van der Waals surface area contributed by atoms with Crippen molar-refractivity contribution in [2.45, 2.75) is 38.8 Å². The van der Waals surface area contributed by atoms with Gasteiger partial charge in [0.2, 0.25) is 0 Å². The third kappa shape index (κ3) is 8.75. The summed E-state index contributed by atoms with van der Waals surface area (Å²) in [5.41, 5.74) is 2.33. The largest absolute Gasteiger partial charge is 0.356 e. The van der Waals surface area contributed by atoms with Gasteiger partial charge in [-0.15, -0.1) is 24.0 Å². The first-order chi connectivity index (χ1) is 12.9. The number of aromatic nitrogens is 1. The number of rotatable bonds is 8. The zero-order valence-corrected chi connectivity index (χ0v) is 20.1. The van der Waals surface area contributed by atoms with Crippen molar-refractivity contribution in [2.24, 2.45) is 4.99 Å². The summed E-state index contributed by atoms with van der Waals surface area (Å²) < 4.78 is 0. The smallest absolute Gasteiger partial charge is 0.191 e. The zero-order valence-electron chi connectivity index (χ0n) is 17.0. The fraction of sp³-hybridized carbons (Fsp3) is 0.429. The number of hydrogen-bond donors (Lipinski definition) is 3. The maximum atomic E-state index is 5.82. The Kier molecular flexibility index (Phi) is 10.8. The monoisotopic (exact) mass is 515 g/mol. The molecule has 0 fully saturated rings. The fourth-order valence-corrected chi connectivity index (χ4v) is 2.98. The quantitative estimate of drug-likeness (QED) is 0.214. The SMILES string of the molecule is CN=C(NCCc1ccc(Cl)nc1)NCC(C)(C)NC(C)c1ccccc1.I. The Bertz CT molecular complexity index is 719. The van der Waals surface area contributed by atoms with Crippen molar-refractivity contribution in [1.29, 1.82) is 0 Å². The van der Waals surface area contributed by atoms with Gasteiger partial charge in [-0.2, -0.15) is 0 Å². The van der Waals surface area contributed by atoms with Gasteiger partial charge in [-0.1, -0.05) is 48.0 Å². The van der Waals surface area contributed by atoms with E-state index in [1.165, 1.54) is 5.56 Å². The molecule has 2 rings (SSSR count). The normalized spacial score (nSPS) is 12.8. The summed E-state index contributed by atoms with van der Waals surface area (Å²) in [5.74, 6) is 0.791. The van der Waals surface area contributed by atoms with Crippen molar-refractivity contribution >= 4 is 41.5 Å². The van der Waals surface area contributed by atoms with Gasteiger partial charge in [-0.05, 0) is 44.4 Å².